The van der Waals surface area contributed by atoms with E-state index in [0.29, 0.717) is 27.9 Å². The van der Waals surface area contributed by atoms with Gasteiger partial charge in [0.1, 0.15) is 5.70 Å². The van der Waals surface area contributed by atoms with Crippen LogP contribution in [0.2, 0.25) is 0 Å². The van der Waals surface area contributed by atoms with Crippen molar-refractivity contribution in [2.75, 3.05) is 5.32 Å². The number of hydrogen-bond donors (Lipinski definition) is 3. The number of nitriles is 1. The van der Waals surface area contributed by atoms with Gasteiger partial charge in [-0.25, -0.2) is 13.1 Å². The van der Waals surface area contributed by atoms with Crippen LogP contribution in [0.1, 0.15) is 42.5 Å². The lowest BCUT2D eigenvalue weighted by atomic mass is 10.1. The number of nitrogens with zero attached hydrogens (tertiary/aromatic N) is 1. The van der Waals surface area contributed by atoms with Crippen LogP contribution < -0.4 is 15.4 Å². The Morgan fingerprint density at radius 2 is 1.66 bits per heavy atom. The standard InChI is InChI=1S/C31H28N4O5S/c1-31(2,3)35-41(38,39)28-12-5-4-10-25(28)23-13-15-24(16-14-23)33-29(36)26(34-30(37)27-11-7-17-40-27)19-21-8-6-9-22(18-21)20-32/h4-19,35H,1-3H3,(H,33,36)(H,34,37)/b26-19-. The molecule has 0 bridgehead atoms. The second-order valence-electron chi connectivity index (χ2n) is 10.1. The third kappa shape index (κ3) is 7.57. The Kier molecular flexibility index (Phi) is 8.52. The summed E-state index contributed by atoms with van der Waals surface area (Å²) in [7, 11) is -3.80. The number of carbonyl (C=O) groups is 2. The quantitative estimate of drug-likeness (QED) is 0.246. The van der Waals surface area contributed by atoms with Gasteiger partial charge in [-0.3, -0.25) is 9.59 Å². The van der Waals surface area contributed by atoms with Gasteiger partial charge >= 0.3 is 0 Å². The van der Waals surface area contributed by atoms with E-state index in [-0.39, 0.29) is 16.4 Å². The van der Waals surface area contributed by atoms with E-state index in [1.165, 1.54) is 18.4 Å². The van der Waals surface area contributed by atoms with Gasteiger partial charge in [0.05, 0.1) is 22.8 Å². The van der Waals surface area contributed by atoms with Crippen molar-refractivity contribution in [1.82, 2.24) is 10.0 Å². The third-order valence-electron chi connectivity index (χ3n) is 5.64. The van der Waals surface area contributed by atoms with Crippen molar-refractivity contribution in [3.63, 3.8) is 0 Å². The second-order valence-corrected chi connectivity index (χ2v) is 11.8. The van der Waals surface area contributed by atoms with Crippen molar-refractivity contribution in [2.24, 2.45) is 0 Å². The van der Waals surface area contributed by atoms with E-state index < -0.39 is 27.4 Å². The Labute approximate surface area is 238 Å². The monoisotopic (exact) mass is 568 g/mol. The molecule has 9 nitrogen and oxygen atoms in total. The number of furan rings is 1. The average Bonchev–Trinajstić information content (AvgIpc) is 3.47. The Morgan fingerprint density at radius 1 is 0.927 bits per heavy atom. The van der Waals surface area contributed by atoms with Gasteiger partial charge in [0, 0.05) is 16.8 Å². The Bertz CT molecular complexity index is 1750. The zero-order valence-electron chi connectivity index (χ0n) is 22.6. The molecule has 1 aromatic heterocycles. The number of rotatable bonds is 8. The first-order valence-electron chi connectivity index (χ1n) is 12.6. The predicted octanol–water partition coefficient (Wildman–Crippen LogP) is 5.30. The van der Waals surface area contributed by atoms with Crippen LogP contribution in [-0.4, -0.2) is 25.8 Å². The fourth-order valence-electron chi connectivity index (χ4n) is 3.94. The highest BCUT2D eigenvalue weighted by molar-refractivity contribution is 7.89. The van der Waals surface area contributed by atoms with Gasteiger partial charge in [-0.2, -0.15) is 5.26 Å². The number of carbonyl (C=O) groups excluding carboxylic acids is 2. The molecule has 0 aliphatic rings. The summed E-state index contributed by atoms with van der Waals surface area (Å²) in [6.45, 7) is 5.31. The van der Waals surface area contributed by atoms with Gasteiger partial charge in [-0.1, -0.05) is 42.5 Å². The molecule has 3 N–H and O–H groups in total. The number of amides is 2. The number of benzene rings is 3. The molecule has 0 aliphatic heterocycles. The molecule has 3 aromatic carbocycles. The van der Waals surface area contributed by atoms with Crippen molar-refractivity contribution in [2.45, 2.75) is 31.2 Å². The minimum absolute atomic E-state index is 0.0217. The summed E-state index contributed by atoms with van der Waals surface area (Å²) in [4.78, 5) is 26.1. The third-order valence-corrected chi connectivity index (χ3v) is 7.45. The average molecular weight is 569 g/mol. The summed E-state index contributed by atoms with van der Waals surface area (Å²) in [5.74, 6) is -1.21. The van der Waals surface area contributed by atoms with Crippen molar-refractivity contribution in [3.05, 3.63) is 114 Å². The normalized spacial score (nSPS) is 11.9. The highest BCUT2D eigenvalue weighted by atomic mass is 32.2. The van der Waals surface area contributed by atoms with E-state index >= 15 is 0 Å². The van der Waals surface area contributed by atoms with Gasteiger partial charge in [-0.15, -0.1) is 0 Å². The van der Waals surface area contributed by atoms with Crippen molar-refractivity contribution in [3.8, 4) is 17.2 Å². The maximum absolute atomic E-state index is 13.3. The molecule has 1 heterocycles. The predicted molar refractivity (Wildman–Crippen MR) is 156 cm³/mol. The Balaban J connectivity index is 1.60. The zero-order valence-corrected chi connectivity index (χ0v) is 23.5. The largest absolute Gasteiger partial charge is 0.459 e. The molecule has 4 rings (SSSR count). The lowest BCUT2D eigenvalue weighted by molar-refractivity contribution is -0.113. The number of hydrogen-bond acceptors (Lipinski definition) is 6. The molecule has 0 aliphatic carbocycles. The second kappa shape index (κ2) is 12.0. The first-order chi connectivity index (χ1) is 19.4. The maximum Gasteiger partial charge on any atom is 0.291 e. The smallest absolute Gasteiger partial charge is 0.291 e. The van der Waals surface area contributed by atoms with Crippen molar-refractivity contribution in [1.29, 1.82) is 5.26 Å². The SMILES string of the molecule is CC(C)(C)NS(=O)(=O)c1ccccc1-c1ccc(NC(=O)/C(=C/c2cccc(C#N)c2)NC(=O)c2ccco2)cc1. The molecule has 0 spiro atoms. The highest BCUT2D eigenvalue weighted by Gasteiger charge is 2.25. The van der Waals surface area contributed by atoms with E-state index in [2.05, 4.69) is 15.4 Å². The zero-order chi connectivity index (χ0) is 29.6. The molecule has 0 unspecified atom stereocenters. The van der Waals surface area contributed by atoms with Gasteiger partial charge in [0.25, 0.3) is 11.8 Å². The topological polar surface area (TPSA) is 141 Å². The lowest BCUT2D eigenvalue weighted by Crippen LogP contribution is -2.40. The summed E-state index contributed by atoms with van der Waals surface area (Å²) in [5.41, 5.74) is 1.75. The van der Waals surface area contributed by atoms with E-state index in [0.717, 1.165) is 0 Å². The molecule has 0 fully saturated rings. The Hall–Kier alpha value is -4.98. The maximum atomic E-state index is 13.3. The van der Waals surface area contributed by atoms with Crippen LogP contribution in [-0.2, 0) is 14.8 Å². The lowest BCUT2D eigenvalue weighted by Gasteiger charge is -2.21. The molecule has 41 heavy (non-hydrogen) atoms. The fourth-order valence-corrected chi connectivity index (χ4v) is 5.59. The summed E-state index contributed by atoms with van der Waals surface area (Å²) in [6.07, 6.45) is 2.80. The van der Waals surface area contributed by atoms with E-state index in [1.807, 2.05) is 6.07 Å². The van der Waals surface area contributed by atoms with Crippen LogP contribution in [0.4, 0.5) is 5.69 Å². The Morgan fingerprint density at radius 3 is 2.32 bits per heavy atom. The molecule has 0 saturated carbocycles. The van der Waals surface area contributed by atoms with E-state index in [1.54, 1.807) is 99.6 Å². The van der Waals surface area contributed by atoms with Crippen LogP contribution in [0.3, 0.4) is 0 Å². The molecule has 2 amide bonds. The number of nitrogens with one attached hydrogen (secondary N) is 3. The van der Waals surface area contributed by atoms with Crippen LogP contribution in [0.15, 0.2) is 106 Å². The van der Waals surface area contributed by atoms with Crippen molar-refractivity contribution < 1.29 is 22.4 Å². The van der Waals surface area contributed by atoms with Crippen LogP contribution in [0, 0.1) is 11.3 Å². The number of sulfonamides is 1. The first kappa shape index (κ1) is 29.0. The molecule has 0 radical (unpaired) electrons. The molecule has 208 valence electrons. The summed E-state index contributed by atoms with van der Waals surface area (Å²) < 4.78 is 33.9. The highest BCUT2D eigenvalue weighted by Crippen LogP contribution is 2.29. The first-order valence-corrected chi connectivity index (χ1v) is 14.0. The van der Waals surface area contributed by atoms with E-state index in [9.17, 15) is 23.3 Å². The summed E-state index contributed by atoms with van der Waals surface area (Å²) >= 11 is 0. The van der Waals surface area contributed by atoms with Gasteiger partial charge < -0.3 is 15.1 Å². The molecule has 4 aromatic rings. The van der Waals surface area contributed by atoms with Gasteiger partial charge in [-0.05, 0) is 80.4 Å². The fraction of sp³-hybridized carbons (Fsp3) is 0.129. The molecular weight excluding hydrogens is 540 g/mol. The minimum Gasteiger partial charge on any atom is -0.459 e. The molecule has 10 heteroatoms. The minimum atomic E-state index is -3.80. The molecule has 0 atom stereocenters. The molecular formula is C31H28N4O5S. The van der Waals surface area contributed by atoms with Crippen LogP contribution >= 0.6 is 0 Å². The van der Waals surface area contributed by atoms with Crippen LogP contribution in [0.5, 0.6) is 0 Å². The summed E-state index contributed by atoms with van der Waals surface area (Å²) in [5, 5.41) is 14.5. The van der Waals surface area contributed by atoms with Crippen LogP contribution in [0.25, 0.3) is 17.2 Å². The van der Waals surface area contributed by atoms with Gasteiger partial charge in [0.15, 0.2) is 5.76 Å². The van der Waals surface area contributed by atoms with Crippen molar-refractivity contribution >= 4 is 33.6 Å². The van der Waals surface area contributed by atoms with Gasteiger partial charge in [0.2, 0.25) is 10.0 Å². The van der Waals surface area contributed by atoms with E-state index in [4.69, 9.17) is 4.42 Å². The number of anilines is 1. The summed E-state index contributed by atoms with van der Waals surface area (Å²) in [6, 6.07) is 25.0. The molecule has 0 saturated heterocycles.